The SMILES string of the molecule is O=C(O)CC(NC(=O)C(NC(=O)OCC1c2ccccc2-c2ccccc21)C1CC1)c1cccs1. The molecule has 2 aliphatic rings. The van der Waals surface area contributed by atoms with Crippen molar-refractivity contribution in [3.05, 3.63) is 82.0 Å². The molecule has 2 atom stereocenters. The van der Waals surface area contributed by atoms with Crippen molar-refractivity contribution in [1.82, 2.24) is 10.6 Å². The van der Waals surface area contributed by atoms with Crippen molar-refractivity contribution in [1.29, 1.82) is 0 Å². The zero-order chi connectivity index (χ0) is 24.4. The number of aliphatic carboxylic acids is 1. The average molecular weight is 491 g/mol. The Morgan fingerprint density at radius 2 is 1.60 bits per heavy atom. The normalized spacial score (nSPS) is 16.0. The van der Waals surface area contributed by atoms with Gasteiger partial charge in [0, 0.05) is 10.8 Å². The van der Waals surface area contributed by atoms with Crippen LogP contribution in [0.5, 0.6) is 0 Å². The summed E-state index contributed by atoms with van der Waals surface area (Å²) in [6.45, 7) is 0.162. The Bertz CT molecular complexity index is 1190. The van der Waals surface area contributed by atoms with Gasteiger partial charge < -0.3 is 20.5 Å². The van der Waals surface area contributed by atoms with Gasteiger partial charge in [0.1, 0.15) is 12.6 Å². The van der Waals surface area contributed by atoms with Gasteiger partial charge in [-0.3, -0.25) is 9.59 Å². The lowest BCUT2D eigenvalue weighted by molar-refractivity contribution is -0.137. The van der Waals surface area contributed by atoms with E-state index in [0.29, 0.717) is 0 Å². The molecule has 0 saturated heterocycles. The summed E-state index contributed by atoms with van der Waals surface area (Å²) in [5, 5.41) is 16.7. The first kappa shape index (κ1) is 23.1. The number of benzene rings is 2. The van der Waals surface area contributed by atoms with E-state index in [-0.39, 0.29) is 30.8 Å². The molecular formula is C27H26N2O5S. The number of fused-ring (bicyclic) bond motifs is 3. The van der Waals surface area contributed by atoms with E-state index >= 15 is 0 Å². The van der Waals surface area contributed by atoms with E-state index in [2.05, 4.69) is 34.9 Å². The number of carboxylic acids is 1. The van der Waals surface area contributed by atoms with Gasteiger partial charge in [0.25, 0.3) is 0 Å². The maximum Gasteiger partial charge on any atom is 0.407 e. The summed E-state index contributed by atoms with van der Waals surface area (Å²) in [4.78, 5) is 37.9. The van der Waals surface area contributed by atoms with Crippen molar-refractivity contribution in [2.24, 2.45) is 5.92 Å². The fourth-order valence-corrected chi connectivity index (χ4v) is 5.52. The number of carbonyl (C=O) groups is 3. The van der Waals surface area contributed by atoms with E-state index < -0.39 is 24.1 Å². The second-order valence-electron chi connectivity index (χ2n) is 8.96. The molecule has 2 aliphatic carbocycles. The molecule has 7 nitrogen and oxygen atoms in total. The Labute approximate surface area is 207 Å². The van der Waals surface area contributed by atoms with Gasteiger partial charge in [0.2, 0.25) is 5.91 Å². The third-order valence-corrected chi connectivity index (χ3v) is 7.56. The predicted molar refractivity (Wildman–Crippen MR) is 132 cm³/mol. The van der Waals surface area contributed by atoms with Crippen LogP contribution in [0.15, 0.2) is 66.0 Å². The van der Waals surface area contributed by atoms with Crippen LogP contribution in [0.3, 0.4) is 0 Å². The van der Waals surface area contributed by atoms with Gasteiger partial charge in [-0.15, -0.1) is 11.3 Å². The third kappa shape index (κ3) is 5.07. The fraction of sp³-hybridized carbons (Fsp3) is 0.296. The minimum atomic E-state index is -1.00. The molecule has 0 spiro atoms. The number of hydrogen-bond acceptors (Lipinski definition) is 5. The van der Waals surface area contributed by atoms with E-state index in [9.17, 15) is 19.5 Å². The number of hydrogen-bond donors (Lipinski definition) is 3. The summed E-state index contributed by atoms with van der Waals surface area (Å²) < 4.78 is 5.62. The Hall–Kier alpha value is -3.65. The minimum Gasteiger partial charge on any atom is -0.481 e. The molecule has 180 valence electrons. The van der Waals surface area contributed by atoms with E-state index in [4.69, 9.17) is 4.74 Å². The quantitative estimate of drug-likeness (QED) is 0.403. The Morgan fingerprint density at radius 1 is 0.943 bits per heavy atom. The Balaban J connectivity index is 1.24. The molecule has 2 unspecified atom stereocenters. The van der Waals surface area contributed by atoms with Crippen LogP contribution in [0, 0.1) is 5.92 Å². The number of nitrogens with one attached hydrogen (secondary N) is 2. The number of ether oxygens (including phenoxy) is 1. The number of amides is 2. The van der Waals surface area contributed by atoms with E-state index in [0.717, 1.165) is 40.0 Å². The molecule has 3 N–H and O–H groups in total. The lowest BCUT2D eigenvalue weighted by Gasteiger charge is -2.22. The van der Waals surface area contributed by atoms with Gasteiger partial charge in [-0.05, 0) is 52.5 Å². The molecule has 35 heavy (non-hydrogen) atoms. The highest BCUT2D eigenvalue weighted by atomic mass is 32.1. The summed E-state index contributed by atoms with van der Waals surface area (Å²) >= 11 is 1.39. The van der Waals surface area contributed by atoms with Crippen LogP contribution in [-0.2, 0) is 14.3 Å². The number of thiophene rings is 1. The topological polar surface area (TPSA) is 105 Å². The first-order chi connectivity index (χ1) is 17.0. The van der Waals surface area contributed by atoms with E-state index in [1.807, 2.05) is 35.7 Å². The second-order valence-corrected chi connectivity index (χ2v) is 9.94. The smallest absolute Gasteiger partial charge is 0.407 e. The van der Waals surface area contributed by atoms with Gasteiger partial charge in [0.05, 0.1) is 12.5 Å². The lowest BCUT2D eigenvalue weighted by Crippen LogP contribution is -2.49. The molecule has 8 heteroatoms. The standard InChI is InChI=1S/C27H26N2O5S/c30-24(31)14-22(23-10-5-13-35-23)28-26(32)25(16-11-12-16)29-27(33)34-15-21-19-8-3-1-6-17(19)18-7-2-4-9-20(18)21/h1-10,13,16,21-22,25H,11-12,14-15H2,(H,28,32)(H,29,33)(H,30,31). The highest BCUT2D eigenvalue weighted by Gasteiger charge is 2.39. The van der Waals surface area contributed by atoms with Gasteiger partial charge in [-0.25, -0.2) is 4.79 Å². The maximum absolute atomic E-state index is 13.1. The molecule has 5 rings (SSSR count). The third-order valence-electron chi connectivity index (χ3n) is 6.57. The van der Waals surface area contributed by atoms with Crippen molar-refractivity contribution in [3.63, 3.8) is 0 Å². The summed E-state index contributed by atoms with van der Waals surface area (Å²) in [6.07, 6.45) is 0.772. The number of alkyl carbamates (subject to hydrolysis) is 1. The van der Waals surface area contributed by atoms with Crippen molar-refractivity contribution in [2.45, 2.75) is 37.3 Å². The van der Waals surface area contributed by atoms with Crippen molar-refractivity contribution >= 4 is 29.3 Å². The molecular weight excluding hydrogens is 464 g/mol. The Morgan fingerprint density at radius 3 is 2.17 bits per heavy atom. The zero-order valence-corrected chi connectivity index (χ0v) is 19.8. The summed E-state index contributed by atoms with van der Waals surface area (Å²) in [6, 6.07) is 18.4. The molecule has 2 amide bonds. The van der Waals surface area contributed by atoms with Crippen molar-refractivity contribution in [2.75, 3.05) is 6.61 Å². The molecule has 0 radical (unpaired) electrons. The van der Waals surface area contributed by atoms with Gasteiger partial charge >= 0.3 is 12.1 Å². The minimum absolute atomic E-state index is 0.0179. The van der Waals surface area contributed by atoms with Crippen LogP contribution in [0.2, 0.25) is 0 Å². The second kappa shape index (κ2) is 9.92. The summed E-state index contributed by atoms with van der Waals surface area (Å²) in [5.74, 6) is -1.44. The molecule has 2 aromatic carbocycles. The van der Waals surface area contributed by atoms with Crippen LogP contribution >= 0.6 is 11.3 Å². The summed E-state index contributed by atoms with van der Waals surface area (Å²) in [5.41, 5.74) is 4.52. The van der Waals surface area contributed by atoms with E-state index in [1.54, 1.807) is 6.07 Å². The van der Waals surface area contributed by atoms with Gasteiger partial charge in [0.15, 0.2) is 0 Å². The number of carbonyl (C=O) groups excluding carboxylic acids is 2. The number of carboxylic acid groups (broad SMARTS) is 1. The molecule has 1 fully saturated rings. The van der Waals surface area contributed by atoms with Gasteiger partial charge in [-0.2, -0.15) is 0 Å². The van der Waals surface area contributed by atoms with Crippen molar-refractivity contribution < 1.29 is 24.2 Å². The van der Waals surface area contributed by atoms with Crippen LogP contribution in [-0.4, -0.2) is 35.7 Å². The zero-order valence-electron chi connectivity index (χ0n) is 19.0. The largest absolute Gasteiger partial charge is 0.481 e. The lowest BCUT2D eigenvalue weighted by atomic mass is 9.98. The highest BCUT2D eigenvalue weighted by molar-refractivity contribution is 7.10. The maximum atomic E-state index is 13.1. The molecule has 1 heterocycles. The van der Waals surface area contributed by atoms with Crippen LogP contribution in [0.1, 0.15) is 47.2 Å². The average Bonchev–Trinajstić information content (AvgIpc) is 3.43. The van der Waals surface area contributed by atoms with Crippen LogP contribution < -0.4 is 10.6 Å². The molecule has 1 aromatic heterocycles. The van der Waals surface area contributed by atoms with Gasteiger partial charge in [-0.1, -0.05) is 54.6 Å². The summed E-state index contributed by atoms with van der Waals surface area (Å²) in [7, 11) is 0. The van der Waals surface area contributed by atoms with E-state index in [1.165, 1.54) is 11.3 Å². The first-order valence-corrected chi connectivity index (χ1v) is 12.6. The molecule has 0 aliphatic heterocycles. The predicted octanol–water partition coefficient (Wildman–Crippen LogP) is 4.70. The fourth-order valence-electron chi connectivity index (χ4n) is 4.74. The molecule has 0 bridgehead atoms. The number of rotatable bonds is 9. The van der Waals surface area contributed by atoms with Crippen LogP contribution in [0.25, 0.3) is 11.1 Å². The van der Waals surface area contributed by atoms with Crippen LogP contribution in [0.4, 0.5) is 4.79 Å². The Kier molecular flexibility index (Phi) is 6.55. The monoisotopic (exact) mass is 490 g/mol. The highest BCUT2D eigenvalue weighted by Crippen LogP contribution is 2.44. The first-order valence-electron chi connectivity index (χ1n) is 11.7. The molecule has 1 saturated carbocycles. The van der Waals surface area contributed by atoms with Crippen molar-refractivity contribution in [3.8, 4) is 11.1 Å². The molecule has 3 aromatic rings.